The van der Waals surface area contributed by atoms with Gasteiger partial charge in [0.1, 0.15) is 6.54 Å². The Labute approximate surface area is 96.6 Å². The largest absolute Gasteiger partial charge is 0.406 e. The standard InChI is InChI=1S/C9H15F3N2O3/c10-9(11,12)6-14(2-1-13)8(15)7-5-16-3-4-17-7/h7H,1-6,13H2. The zero-order chi connectivity index (χ0) is 12.9. The van der Waals surface area contributed by atoms with E-state index in [1.807, 2.05) is 0 Å². The highest BCUT2D eigenvalue weighted by Crippen LogP contribution is 2.17. The third kappa shape index (κ3) is 4.88. The van der Waals surface area contributed by atoms with Gasteiger partial charge in [0, 0.05) is 13.1 Å². The predicted octanol–water partition coefficient (Wildman–Crippen LogP) is -0.249. The highest BCUT2D eigenvalue weighted by atomic mass is 19.4. The van der Waals surface area contributed by atoms with E-state index < -0.39 is 24.7 Å². The van der Waals surface area contributed by atoms with Crippen molar-refractivity contribution in [1.29, 1.82) is 0 Å². The lowest BCUT2D eigenvalue weighted by Crippen LogP contribution is -2.49. The number of rotatable bonds is 4. The maximum Gasteiger partial charge on any atom is 0.406 e. The van der Waals surface area contributed by atoms with Gasteiger partial charge in [-0.3, -0.25) is 4.79 Å². The maximum absolute atomic E-state index is 12.2. The van der Waals surface area contributed by atoms with Crippen LogP contribution in [0.25, 0.3) is 0 Å². The highest BCUT2D eigenvalue weighted by molar-refractivity contribution is 5.81. The fourth-order valence-electron chi connectivity index (χ4n) is 1.47. The van der Waals surface area contributed by atoms with Gasteiger partial charge in [-0.1, -0.05) is 0 Å². The topological polar surface area (TPSA) is 64.8 Å². The maximum atomic E-state index is 12.2. The monoisotopic (exact) mass is 256 g/mol. The summed E-state index contributed by atoms with van der Waals surface area (Å²) in [6.45, 7) is -0.965. The second kappa shape index (κ2) is 6.18. The molecular formula is C9H15F3N2O3. The van der Waals surface area contributed by atoms with E-state index in [9.17, 15) is 18.0 Å². The lowest BCUT2D eigenvalue weighted by molar-refractivity contribution is -0.176. The number of hydrogen-bond acceptors (Lipinski definition) is 4. The lowest BCUT2D eigenvalue weighted by atomic mass is 10.3. The third-order valence-corrected chi connectivity index (χ3v) is 2.17. The Kier molecular flexibility index (Phi) is 5.16. The van der Waals surface area contributed by atoms with Gasteiger partial charge in [-0.25, -0.2) is 0 Å². The summed E-state index contributed by atoms with van der Waals surface area (Å²) in [5, 5.41) is 0. The molecule has 0 spiro atoms. The molecule has 1 heterocycles. The number of nitrogens with zero attached hydrogens (tertiary/aromatic N) is 1. The number of nitrogens with two attached hydrogens (primary N) is 1. The number of carbonyl (C=O) groups excluding carboxylic acids is 1. The van der Waals surface area contributed by atoms with Gasteiger partial charge in [0.15, 0.2) is 6.10 Å². The molecule has 0 aromatic carbocycles. The number of halogens is 3. The second-order valence-corrected chi connectivity index (χ2v) is 3.60. The molecule has 17 heavy (non-hydrogen) atoms. The number of ether oxygens (including phenoxy) is 2. The van der Waals surface area contributed by atoms with E-state index in [-0.39, 0.29) is 26.3 Å². The van der Waals surface area contributed by atoms with E-state index in [2.05, 4.69) is 0 Å². The Balaban J connectivity index is 2.58. The van der Waals surface area contributed by atoms with Gasteiger partial charge in [-0.05, 0) is 0 Å². The first kappa shape index (κ1) is 14.2. The molecule has 1 aliphatic rings. The Morgan fingerprint density at radius 2 is 2.12 bits per heavy atom. The molecule has 0 aliphatic carbocycles. The fraction of sp³-hybridized carbons (Fsp3) is 0.889. The smallest absolute Gasteiger partial charge is 0.376 e. The van der Waals surface area contributed by atoms with Gasteiger partial charge in [0.05, 0.1) is 19.8 Å². The van der Waals surface area contributed by atoms with Crippen LogP contribution in [-0.4, -0.2) is 62.5 Å². The predicted molar refractivity (Wildman–Crippen MR) is 52.2 cm³/mol. The van der Waals surface area contributed by atoms with Crippen molar-refractivity contribution < 1.29 is 27.4 Å². The van der Waals surface area contributed by atoms with Crippen LogP contribution in [0.1, 0.15) is 0 Å². The normalized spacial score (nSPS) is 21.3. The third-order valence-electron chi connectivity index (χ3n) is 2.17. The summed E-state index contributed by atoms with van der Waals surface area (Å²) in [7, 11) is 0. The second-order valence-electron chi connectivity index (χ2n) is 3.60. The summed E-state index contributed by atoms with van der Waals surface area (Å²) in [5.41, 5.74) is 5.18. The summed E-state index contributed by atoms with van der Waals surface area (Å²) in [5.74, 6) is -0.729. The van der Waals surface area contributed by atoms with Gasteiger partial charge in [0.25, 0.3) is 5.91 Å². The number of hydrogen-bond donors (Lipinski definition) is 1. The number of carbonyl (C=O) groups is 1. The van der Waals surface area contributed by atoms with Crippen LogP contribution in [0.15, 0.2) is 0 Å². The van der Waals surface area contributed by atoms with Crippen LogP contribution in [0.4, 0.5) is 13.2 Å². The Hall–Kier alpha value is -0.860. The van der Waals surface area contributed by atoms with Gasteiger partial charge in [-0.2, -0.15) is 13.2 Å². The molecule has 100 valence electrons. The van der Waals surface area contributed by atoms with Crippen LogP contribution < -0.4 is 5.73 Å². The Morgan fingerprint density at radius 1 is 1.41 bits per heavy atom. The Bertz CT molecular complexity index is 254. The molecule has 5 nitrogen and oxygen atoms in total. The zero-order valence-electron chi connectivity index (χ0n) is 9.20. The van der Waals surface area contributed by atoms with Gasteiger partial charge in [-0.15, -0.1) is 0 Å². The van der Waals surface area contributed by atoms with Crippen LogP contribution in [0.2, 0.25) is 0 Å². The summed E-state index contributed by atoms with van der Waals surface area (Å²) < 4.78 is 46.8. The molecule has 1 saturated heterocycles. The van der Waals surface area contributed by atoms with Crippen molar-refractivity contribution in [2.24, 2.45) is 5.73 Å². The first-order valence-electron chi connectivity index (χ1n) is 5.19. The molecule has 0 aromatic rings. The van der Waals surface area contributed by atoms with Crippen LogP contribution in [0.3, 0.4) is 0 Å². The van der Waals surface area contributed by atoms with E-state index in [0.717, 1.165) is 0 Å². The minimum atomic E-state index is -4.44. The molecule has 1 atom stereocenters. The van der Waals surface area contributed by atoms with E-state index in [1.54, 1.807) is 0 Å². The summed E-state index contributed by atoms with van der Waals surface area (Å²) in [4.78, 5) is 12.4. The molecule has 1 rings (SSSR count). The SMILES string of the molecule is NCCN(CC(F)(F)F)C(=O)C1COCCO1. The minimum Gasteiger partial charge on any atom is -0.376 e. The molecule has 0 saturated carbocycles. The van der Waals surface area contributed by atoms with E-state index in [1.165, 1.54) is 0 Å². The van der Waals surface area contributed by atoms with Crippen LogP contribution >= 0.6 is 0 Å². The molecule has 0 aromatic heterocycles. The number of alkyl halides is 3. The van der Waals surface area contributed by atoms with Gasteiger partial charge in [0.2, 0.25) is 0 Å². The van der Waals surface area contributed by atoms with Crippen molar-refractivity contribution in [2.75, 3.05) is 39.5 Å². The lowest BCUT2D eigenvalue weighted by Gasteiger charge is -2.29. The van der Waals surface area contributed by atoms with Crippen molar-refractivity contribution in [3.05, 3.63) is 0 Å². The molecular weight excluding hydrogens is 241 g/mol. The van der Waals surface area contributed by atoms with Crippen molar-refractivity contribution >= 4 is 5.91 Å². The Morgan fingerprint density at radius 3 is 2.59 bits per heavy atom. The van der Waals surface area contributed by atoms with Gasteiger partial charge < -0.3 is 20.1 Å². The molecule has 1 aliphatic heterocycles. The summed E-state index contributed by atoms with van der Waals surface area (Å²) in [6.07, 6.45) is -5.40. The minimum absolute atomic E-state index is 0.0161. The molecule has 0 bridgehead atoms. The van der Waals surface area contributed by atoms with Crippen LogP contribution in [0, 0.1) is 0 Å². The van der Waals surface area contributed by atoms with Crippen molar-refractivity contribution in [2.45, 2.75) is 12.3 Å². The molecule has 1 amide bonds. The molecule has 2 N–H and O–H groups in total. The zero-order valence-corrected chi connectivity index (χ0v) is 9.20. The van der Waals surface area contributed by atoms with Gasteiger partial charge >= 0.3 is 6.18 Å². The van der Waals surface area contributed by atoms with Crippen LogP contribution in [-0.2, 0) is 14.3 Å². The quantitative estimate of drug-likeness (QED) is 0.753. The van der Waals surface area contributed by atoms with Crippen LogP contribution in [0.5, 0.6) is 0 Å². The summed E-state index contributed by atoms with van der Waals surface area (Å²) >= 11 is 0. The molecule has 1 unspecified atom stereocenters. The van der Waals surface area contributed by atoms with E-state index in [4.69, 9.17) is 15.2 Å². The first-order chi connectivity index (χ1) is 7.94. The first-order valence-corrected chi connectivity index (χ1v) is 5.19. The van der Waals surface area contributed by atoms with E-state index >= 15 is 0 Å². The molecule has 1 fully saturated rings. The average molecular weight is 256 g/mol. The average Bonchev–Trinajstić information content (AvgIpc) is 2.27. The van der Waals surface area contributed by atoms with Crippen molar-refractivity contribution in [3.63, 3.8) is 0 Å². The molecule has 0 radical (unpaired) electrons. The van der Waals surface area contributed by atoms with E-state index in [0.29, 0.717) is 11.5 Å². The number of amides is 1. The molecule has 8 heteroatoms. The van der Waals surface area contributed by atoms with Crippen molar-refractivity contribution in [1.82, 2.24) is 4.90 Å². The fourth-order valence-corrected chi connectivity index (χ4v) is 1.47. The summed E-state index contributed by atoms with van der Waals surface area (Å²) in [6, 6.07) is 0. The van der Waals surface area contributed by atoms with Crippen molar-refractivity contribution in [3.8, 4) is 0 Å². The highest BCUT2D eigenvalue weighted by Gasteiger charge is 2.36.